The lowest BCUT2D eigenvalue weighted by molar-refractivity contribution is -0.127. The second-order valence-electron chi connectivity index (χ2n) is 8.66. The molecule has 0 saturated carbocycles. The van der Waals surface area contributed by atoms with Gasteiger partial charge in [-0.05, 0) is 43.2 Å². The lowest BCUT2D eigenvalue weighted by Crippen LogP contribution is -2.40. The second kappa shape index (κ2) is 9.98. The first kappa shape index (κ1) is 24.4. The molecule has 3 N–H and O–H groups in total. The van der Waals surface area contributed by atoms with E-state index in [-0.39, 0.29) is 23.6 Å². The Morgan fingerprint density at radius 2 is 2.00 bits per heavy atom. The fourth-order valence-corrected chi connectivity index (χ4v) is 4.77. The summed E-state index contributed by atoms with van der Waals surface area (Å²) in [6.45, 7) is 4.70. The van der Waals surface area contributed by atoms with Crippen molar-refractivity contribution in [2.24, 2.45) is 0 Å². The molecule has 1 aliphatic rings. The number of carbonyl (C=O) groups excluding carboxylic acids is 2. The Morgan fingerprint density at radius 1 is 1.22 bits per heavy atom. The van der Waals surface area contributed by atoms with Crippen LogP contribution in [0.1, 0.15) is 29.2 Å². The topological polar surface area (TPSA) is 119 Å². The number of nitrogen functional groups attached to an aromatic ring is 1. The van der Waals surface area contributed by atoms with Crippen molar-refractivity contribution in [3.8, 4) is 11.3 Å². The number of likely N-dealkylation sites (tertiary alicyclic amines) is 1. The standard InChI is InChI=1S/C26H23ClFN7O2/c1-2-20(36)34-12-4-5-17(14-34)35-23-18(27)13-31-24(29)21(23)22(33-35)15-7-9-16(10-8-15)26(37)32-25-19(28)6-3-11-30-25/h2-3,6-11,13,17H,1,4-5,12,14H2,(H2,29,31)(H,30,32,37)/t17-/m1/s1. The van der Waals surface area contributed by atoms with Crippen molar-refractivity contribution < 1.29 is 14.0 Å². The van der Waals surface area contributed by atoms with Crippen molar-refractivity contribution >= 4 is 46.0 Å². The fraction of sp³-hybridized carbons (Fsp3) is 0.192. The Hall–Kier alpha value is -4.31. The van der Waals surface area contributed by atoms with Gasteiger partial charge in [0.15, 0.2) is 11.6 Å². The van der Waals surface area contributed by atoms with Crippen molar-refractivity contribution in [1.82, 2.24) is 24.6 Å². The van der Waals surface area contributed by atoms with E-state index in [1.807, 2.05) is 4.68 Å². The van der Waals surface area contributed by atoms with E-state index in [0.29, 0.717) is 45.8 Å². The molecule has 2 amide bonds. The summed E-state index contributed by atoms with van der Waals surface area (Å²) in [4.78, 5) is 34.7. The SMILES string of the molecule is C=CC(=O)N1CCC[C@@H](n2nc(-c3ccc(C(=O)Nc4ncccc4F)cc3)c3c(N)ncc(Cl)c32)C1. The number of nitrogens with zero attached hydrogens (tertiary/aromatic N) is 5. The van der Waals surface area contributed by atoms with Gasteiger partial charge < -0.3 is 16.0 Å². The predicted molar refractivity (Wildman–Crippen MR) is 140 cm³/mol. The first-order valence-electron chi connectivity index (χ1n) is 11.6. The molecule has 4 aromatic rings. The number of fused-ring (bicyclic) bond motifs is 1. The highest BCUT2D eigenvalue weighted by Gasteiger charge is 2.28. The summed E-state index contributed by atoms with van der Waals surface area (Å²) >= 11 is 6.57. The molecule has 1 saturated heterocycles. The predicted octanol–water partition coefficient (Wildman–Crippen LogP) is 4.47. The summed E-state index contributed by atoms with van der Waals surface area (Å²) in [6.07, 6.45) is 5.80. The Morgan fingerprint density at radius 3 is 2.73 bits per heavy atom. The third-order valence-corrected chi connectivity index (χ3v) is 6.63. The third-order valence-electron chi connectivity index (χ3n) is 6.35. The van der Waals surface area contributed by atoms with Crippen LogP contribution in [-0.4, -0.2) is 49.6 Å². The molecule has 0 bridgehead atoms. The number of aromatic nitrogens is 4. The average molecular weight is 520 g/mol. The van der Waals surface area contributed by atoms with E-state index in [0.717, 1.165) is 12.8 Å². The number of halogens is 2. The normalized spacial score (nSPS) is 15.5. The Labute approximate surface area is 216 Å². The largest absolute Gasteiger partial charge is 0.383 e. The highest BCUT2D eigenvalue weighted by atomic mass is 35.5. The number of rotatable bonds is 5. The summed E-state index contributed by atoms with van der Waals surface area (Å²) < 4.78 is 15.7. The molecule has 0 radical (unpaired) electrons. The van der Waals surface area contributed by atoms with Gasteiger partial charge in [0.2, 0.25) is 5.91 Å². The van der Waals surface area contributed by atoms with Crippen LogP contribution in [0.25, 0.3) is 22.2 Å². The zero-order chi connectivity index (χ0) is 26.1. The minimum Gasteiger partial charge on any atom is -0.383 e. The Kier molecular flexibility index (Phi) is 6.58. The molecule has 37 heavy (non-hydrogen) atoms. The van der Waals surface area contributed by atoms with Crippen molar-refractivity contribution in [2.45, 2.75) is 18.9 Å². The number of hydrogen-bond donors (Lipinski definition) is 2. The molecule has 1 aromatic carbocycles. The van der Waals surface area contributed by atoms with Crippen LogP contribution in [0.4, 0.5) is 16.0 Å². The lowest BCUT2D eigenvalue weighted by atomic mass is 10.0. The minimum atomic E-state index is -0.625. The summed E-state index contributed by atoms with van der Waals surface area (Å²) in [6, 6.07) is 9.21. The maximum Gasteiger partial charge on any atom is 0.256 e. The number of piperidine rings is 1. The minimum absolute atomic E-state index is 0.119. The van der Waals surface area contributed by atoms with Gasteiger partial charge in [-0.1, -0.05) is 30.3 Å². The monoisotopic (exact) mass is 519 g/mol. The Bertz CT molecular complexity index is 1520. The van der Waals surface area contributed by atoms with Gasteiger partial charge >= 0.3 is 0 Å². The molecular formula is C26H23ClFN7O2. The maximum atomic E-state index is 13.9. The van der Waals surface area contributed by atoms with Gasteiger partial charge in [-0.2, -0.15) is 5.10 Å². The van der Waals surface area contributed by atoms with Gasteiger partial charge in [0.05, 0.1) is 28.2 Å². The molecule has 9 nitrogen and oxygen atoms in total. The summed E-state index contributed by atoms with van der Waals surface area (Å²) in [5, 5.41) is 8.31. The van der Waals surface area contributed by atoms with E-state index in [1.165, 1.54) is 30.6 Å². The van der Waals surface area contributed by atoms with Crippen LogP contribution >= 0.6 is 11.6 Å². The molecule has 3 aromatic heterocycles. The molecular weight excluding hydrogens is 497 g/mol. The quantitative estimate of drug-likeness (QED) is 0.375. The highest BCUT2D eigenvalue weighted by Crippen LogP contribution is 2.38. The molecule has 11 heteroatoms. The number of nitrogens with two attached hydrogens (primary N) is 1. The first-order chi connectivity index (χ1) is 17.9. The van der Waals surface area contributed by atoms with Crippen molar-refractivity contribution in [3.63, 3.8) is 0 Å². The molecule has 0 unspecified atom stereocenters. The van der Waals surface area contributed by atoms with Crippen LogP contribution < -0.4 is 11.1 Å². The Balaban J connectivity index is 1.50. The second-order valence-corrected chi connectivity index (χ2v) is 9.07. The molecule has 5 rings (SSSR count). The van der Waals surface area contributed by atoms with Crippen LogP contribution in [0, 0.1) is 5.82 Å². The van der Waals surface area contributed by atoms with E-state index in [4.69, 9.17) is 22.4 Å². The van der Waals surface area contributed by atoms with E-state index in [1.54, 1.807) is 29.2 Å². The summed E-state index contributed by atoms with van der Waals surface area (Å²) in [5.74, 6) is -1.14. The van der Waals surface area contributed by atoms with E-state index < -0.39 is 11.7 Å². The van der Waals surface area contributed by atoms with E-state index in [9.17, 15) is 14.0 Å². The molecule has 4 heterocycles. The molecule has 1 atom stereocenters. The summed E-state index contributed by atoms with van der Waals surface area (Å²) in [5.41, 5.74) is 8.46. The van der Waals surface area contributed by atoms with Crippen LogP contribution in [0.3, 0.4) is 0 Å². The van der Waals surface area contributed by atoms with Crippen LogP contribution in [-0.2, 0) is 4.79 Å². The third kappa shape index (κ3) is 4.63. The lowest BCUT2D eigenvalue weighted by Gasteiger charge is -2.32. The number of pyridine rings is 2. The number of carbonyl (C=O) groups is 2. The van der Waals surface area contributed by atoms with Crippen molar-refractivity contribution in [2.75, 3.05) is 24.1 Å². The van der Waals surface area contributed by atoms with Gasteiger partial charge in [-0.25, -0.2) is 14.4 Å². The average Bonchev–Trinajstić information content (AvgIpc) is 3.34. The fourth-order valence-electron chi connectivity index (χ4n) is 4.54. The maximum absolute atomic E-state index is 13.9. The zero-order valence-corrected chi connectivity index (χ0v) is 20.5. The van der Waals surface area contributed by atoms with Crippen LogP contribution in [0.15, 0.2) is 61.4 Å². The van der Waals surface area contributed by atoms with Gasteiger partial charge in [0, 0.05) is 30.4 Å². The number of nitrogens with one attached hydrogen (secondary N) is 1. The molecule has 0 spiro atoms. The molecule has 188 valence electrons. The number of benzene rings is 1. The van der Waals surface area contributed by atoms with Gasteiger partial charge in [-0.15, -0.1) is 0 Å². The molecule has 1 aliphatic heterocycles. The number of anilines is 2. The van der Waals surface area contributed by atoms with Crippen molar-refractivity contribution in [1.29, 1.82) is 0 Å². The van der Waals surface area contributed by atoms with Crippen LogP contribution in [0.5, 0.6) is 0 Å². The highest BCUT2D eigenvalue weighted by molar-refractivity contribution is 6.35. The smallest absolute Gasteiger partial charge is 0.256 e. The zero-order valence-electron chi connectivity index (χ0n) is 19.7. The van der Waals surface area contributed by atoms with Gasteiger partial charge in [0.25, 0.3) is 5.91 Å². The van der Waals surface area contributed by atoms with E-state index >= 15 is 0 Å². The van der Waals surface area contributed by atoms with Crippen LogP contribution in [0.2, 0.25) is 5.02 Å². The number of hydrogen-bond acceptors (Lipinski definition) is 6. The number of amides is 2. The van der Waals surface area contributed by atoms with Crippen molar-refractivity contribution in [3.05, 3.63) is 77.9 Å². The van der Waals surface area contributed by atoms with E-state index in [2.05, 4.69) is 21.9 Å². The first-order valence-corrected chi connectivity index (χ1v) is 12.0. The van der Waals surface area contributed by atoms with Gasteiger partial charge in [-0.3, -0.25) is 14.3 Å². The molecule has 1 fully saturated rings. The molecule has 0 aliphatic carbocycles. The van der Waals surface area contributed by atoms with Gasteiger partial charge in [0.1, 0.15) is 11.5 Å². The summed E-state index contributed by atoms with van der Waals surface area (Å²) in [7, 11) is 0.